The Morgan fingerprint density at radius 2 is 1.10 bits per heavy atom. The molecule has 0 aliphatic heterocycles. The van der Waals surface area contributed by atoms with Crippen molar-refractivity contribution in [2.45, 2.75) is 6.54 Å². The number of fused-ring (bicyclic) bond motifs is 6. The molecule has 2 aromatic heterocycles. The topological polar surface area (TPSA) is 156 Å². The van der Waals surface area contributed by atoms with E-state index in [0.717, 1.165) is 66.1 Å². The van der Waals surface area contributed by atoms with Crippen LogP contribution in [0, 0.1) is 0 Å². The van der Waals surface area contributed by atoms with E-state index >= 15 is 0 Å². The van der Waals surface area contributed by atoms with E-state index in [1.807, 2.05) is 42.5 Å². The van der Waals surface area contributed by atoms with Crippen LogP contribution in [0.2, 0.25) is 0 Å². The van der Waals surface area contributed by atoms with Crippen LogP contribution in [-0.2, 0) is 6.54 Å². The number of phenols is 5. The molecule has 0 amide bonds. The van der Waals surface area contributed by atoms with Crippen LogP contribution in [-0.4, -0.2) is 48.5 Å². The fourth-order valence-corrected chi connectivity index (χ4v) is 8.33. The molecule has 0 unspecified atom stereocenters. The number of rotatable bonds is 7. The van der Waals surface area contributed by atoms with E-state index in [9.17, 15) is 25.5 Å². The molecule has 300 valence electrons. The summed E-state index contributed by atoms with van der Waals surface area (Å²) < 4.78 is 9.43. The minimum atomic E-state index is -1.10. The largest absolute Gasteiger partial charge is 0.504 e. The minimum absolute atomic E-state index is 0.0723. The molecule has 10 heteroatoms. The molecule has 0 aliphatic rings. The molecule has 0 saturated heterocycles. The number of phenolic OH excluding ortho intramolecular Hbond substituents is 5. The van der Waals surface area contributed by atoms with Crippen LogP contribution in [0.5, 0.6) is 28.7 Å². The lowest BCUT2D eigenvalue weighted by Crippen LogP contribution is -2.06. The van der Waals surface area contributed by atoms with Gasteiger partial charge in [-0.05, 0) is 35.5 Å². The number of hydrogen-bond donors (Lipinski definition) is 5. The Hall–Kier alpha value is -8.63. The van der Waals surface area contributed by atoms with Crippen molar-refractivity contribution < 1.29 is 29.9 Å². The normalized spacial score (nSPS) is 12.2. The first-order valence-electron chi connectivity index (χ1n) is 19.8. The highest BCUT2D eigenvalue weighted by atomic mass is 16.4. The van der Waals surface area contributed by atoms with E-state index in [1.165, 1.54) is 0 Å². The smallest absolute Gasteiger partial charge is 0.208 e. The van der Waals surface area contributed by atoms with E-state index in [2.05, 4.69) is 118 Å². The van der Waals surface area contributed by atoms with Crippen molar-refractivity contribution in [3.05, 3.63) is 180 Å². The van der Waals surface area contributed by atoms with Gasteiger partial charge in [0, 0.05) is 38.2 Å². The van der Waals surface area contributed by atoms with Gasteiger partial charge in [-0.15, -0.1) is 0 Å². The molecule has 10 rings (SSSR count). The molecule has 0 saturated carbocycles. The summed E-state index contributed by atoms with van der Waals surface area (Å²) in [6.07, 6.45) is 0. The van der Waals surface area contributed by atoms with Crippen LogP contribution in [0.15, 0.2) is 183 Å². The molecule has 5 N–H and O–H groups in total. The Morgan fingerprint density at radius 3 is 1.79 bits per heavy atom. The van der Waals surface area contributed by atoms with Gasteiger partial charge in [-0.3, -0.25) is 4.99 Å². The second-order valence-electron chi connectivity index (χ2n) is 14.7. The number of benzene rings is 8. The lowest BCUT2D eigenvalue weighted by Gasteiger charge is -2.14. The molecule has 10 aromatic rings. The zero-order valence-electron chi connectivity index (χ0n) is 32.9. The fourth-order valence-electron chi connectivity index (χ4n) is 8.33. The van der Waals surface area contributed by atoms with Crippen molar-refractivity contribution in [3.8, 4) is 56.7 Å². The Balaban J connectivity index is 1.21. The summed E-state index contributed by atoms with van der Waals surface area (Å²) >= 11 is 0. The van der Waals surface area contributed by atoms with Gasteiger partial charge in [-0.2, -0.15) is 0 Å². The second-order valence-corrected chi connectivity index (χ2v) is 14.7. The standard InChI is InChI=1S/C52H36N4O6/c1-53-52(42-44(57)46(59)48(61)47(60)45(42)58)55-51(32-19-9-4-10-20-32)54-29-33-21-13-25-38-41-34(30-15-5-2-6-16-30)27-28-40(50(41)62-49(33)38)56-39-26-12-11-22-36(39)37-24-14-23-35(43(37)56)31-17-7-3-8-18-31/h2-28,57-61H,1,29H2. The third kappa shape index (κ3) is 6.08. The van der Waals surface area contributed by atoms with Gasteiger partial charge >= 0.3 is 0 Å². The summed E-state index contributed by atoms with van der Waals surface area (Å²) in [6.45, 7) is 3.63. The first-order chi connectivity index (χ1) is 30.3. The molecule has 2 heterocycles. The molecule has 8 aromatic carbocycles. The molecule has 0 fully saturated rings. The maximum absolute atomic E-state index is 10.7. The molecule has 0 spiro atoms. The highest BCUT2D eigenvalue weighted by molar-refractivity contribution is 6.19. The van der Waals surface area contributed by atoms with Crippen LogP contribution >= 0.6 is 0 Å². The summed E-state index contributed by atoms with van der Waals surface area (Å²) in [4.78, 5) is 13.4. The molecule has 0 radical (unpaired) electrons. The number of furan rings is 1. The molecule has 62 heavy (non-hydrogen) atoms. The SMILES string of the molecule is C=NC(=NC(=NCc1cccc2c1oc1c(-n3c4ccccc4c4cccc(-c5ccccc5)c43)ccc(-c3ccccc3)c12)c1ccccc1)c1c(O)c(O)c(O)c(O)c1O. The van der Waals surface area contributed by atoms with E-state index < -0.39 is 34.3 Å². The minimum Gasteiger partial charge on any atom is -0.504 e. The zero-order valence-corrected chi connectivity index (χ0v) is 32.9. The van der Waals surface area contributed by atoms with Crippen molar-refractivity contribution in [2.24, 2.45) is 15.0 Å². The van der Waals surface area contributed by atoms with Gasteiger partial charge in [0.15, 0.2) is 28.8 Å². The Kier molecular flexibility index (Phi) is 9.22. The van der Waals surface area contributed by atoms with Crippen LogP contribution in [0.25, 0.3) is 71.7 Å². The van der Waals surface area contributed by atoms with E-state index in [1.54, 1.807) is 24.3 Å². The van der Waals surface area contributed by atoms with Crippen molar-refractivity contribution in [1.82, 2.24) is 4.57 Å². The van der Waals surface area contributed by atoms with E-state index in [4.69, 9.17) is 9.41 Å². The zero-order chi connectivity index (χ0) is 42.5. The predicted molar refractivity (Wildman–Crippen MR) is 246 cm³/mol. The van der Waals surface area contributed by atoms with Gasteiger partial charge in [0.1, 0.15) is 11.1 Å². The summed E-state index contributed by atoms with van der Waals surface area (Å²) in [5.74, 6) is -5.36. The van der Waals surface area contributed by atoms with E-state index in [-0.39, 0.29) is 18.2 Å². The quantitative estimate of drug-likeness (QED) is 0.0467. The summed E-state index contributed by atoms with van der Waals surface area (Å²) in [5.41, 5.74) is 9.28. The monoisotopic (exact) mass is 812 g/mol. The van der Waals surface area contributed by atoms with Crippen molar-refractivity contribution >= 4 is 62.1 Å². The van der Waals surface area contributed by atoms with Crippen LogP contribution < -0.4 is 0 Å². The van der Waals surface area contributed by atoms with Gasteiger partial charge in [0.2, 0.25) is 17.2 Å². The lowest BCUT2D eigenvalue weighted by molar-refractivity contribution is 0.327. The molecule has 0 atom stereocenters. The lowest BCUT2D eigenvalue weighted by atomic mass is 9.97. The first kappa shape index (κ1) is 37.6. The number of aliphatic imine (C=N–C) groups is 3. The third-order valence-electron chi connectivity index (χ3n) is 11.2. The number of hydrogen-bond acceptors (Lipinski definition) is 7. The van der Waals surface area contributed by atoms with E-state index in [0.29, 0.717) is 16.7 Å². The Labute approximate surface area is 354 Å². The number of amidine groups is 2. The van der Waals surface area contributed by atoms with Gasteiger partial charge in [-0.1, -0.05) is 152 Å². The number of aromatic hydroxyl groups is 5. The predicted octanol–water partition coefficient (Wildman–Crippen LogP) is 11.6. The number of aromatic nitrogens is 1. The maximum Gasteiger partial charge on any atom is 0.208 e. The van der Waals surface area contributed by atoms with Crippen LogP contribution in [0.1, 0.15) is 16.7 Å². The summed E-state index contributed by atoms with van der Waals surface area (Å²) in [7, 11) is 0. The van der Waals surface area contributed by atoms with Gasteiger partial charge < -0.3 is 34.5 Å². The van der Waals surface area contributed by atoms with Gasteiger partial charge in [-0.25, -0.2) is 9.98 Å². The van der Waals surface area contributed by atoms with Crippen molar-refractivity contribution in [1.29, 1.82) is 0 Å². The van der Waals surface area contributed by atoms with Crippen LogP contribution in [0.4, 0.5) is 0 Å². The molecule has 0 bridgehead atoms. The summed E-state index contributed by atoms with van der Waals surface area (Å²) in [6, 6.07) is 54.7. The molecular formula is C52H36N4O6. The highest BCUT2D eigenvalue weighted by Gasteiger charge is 2.27. The first-order valence-corrected chi connectivity index (χ1v) is 19.8. The molecule has 0 aliphatic carbocycles. The Morgan fingerprint density at radius 1 is 0.516 bits per heavy atom. The van der Waals surface area contributed by atoms with Crippen molar-refractivity contribution in [3.63, 3.8) is 0 Å². The number of para-hydroxylation sites is 3. The number of nitrogens with zero attached hydrogens (tertiary/aromatic N) is 4. The van der Waals surface area contributed by atoms with Crippen LogP contribution in [0.3, 0.4) is 0 Å². The Bertz CT molecular complexity index is 3420. The third-order valence-corrected chi connectivity index (χ3v) is 11.2. The molecule has 10 nitrogen and oxygen atoms in total. The maximum atomic E-state index is 10.7. The highest BCUT2D eigenvalue weighted by Crippen LogP contribution is 2.51. The summed E-state index contributed by atoms with van der Waals surface area (Å²) in [5, 5.41) is 56.2. The molecular weight excluding hydrogens is 777 g/mol. The average molecular weight is 813 g/mol. The van der Waals surface area contributed by atoms with Gasteiger partial charge in [0.25, 0.3) is 0 Å². The second kappa shape index (κ2) is 15.2. The van der Waals surface area contributed by atoms with Gasteiger partial charge in [0.05, 0.1) is 23.3 Å². The average Bonchev–Trinajstić information content (AvgIpc) is 3.89. The fraction of sp³-hybridized carbons (Fsp3) is 0.0192. The van der Waals surface area contributed by atoms with Crippen molar-refractivity contribution in [2.75, 3.05) is 0 Å².